The summed E-state index contributed by atoms with van der Waals surface area (Å²) in [5, 5.41) is 25.5. The third kappa shape index (κ3) is 10.8. The van der Waals surface area contributed by atoms with Crippen LogP contribution in [0.4, 0.5) is 0 Å². The molecule has 32 heavy (non-hydrogen) atoms. The molecule has 0 radical (unpaired) electrons. The van der Waals surface area contributed by atoms with Crippen LogP contribution in [0, 0.1) is 11.8 Å². The van der Waals surface area contributed by atoms with Crippen LogP contribution in [0.3, 0.4) is 0 Å². The first-order valence-corrected chi connectivity index (χ1v) is 11.8. The molecule has 184 valence electrons. The van der Waals surface area contributed by atoms with E-state index in [1.807, 2.05) is 6.26 Å². The molecule has 7 N–H and O–H groups in total. The van der Waals surface area contributed by atoms with Crippen LogP contribution in [0.1, 0.15) is 47.0 Å². The van der Waals surface area contributed by atoms with E-state index in [0.29, 0.717) is 12.2 Å². The van der Waals surface area contributed by atoms with Crippen molar-refractivity contribution in [2.45, 2.75) is 71.1 Å². The van der Waals surface area contributed by atoms with Crippen molar-refractivity contribution in [2.75, 3.05) is 12.0 Å². The maximum absolute atomic E-state index is 12.9. The molecule has 11 nitrogen and oxygen atoms in total. The molecule has 0 saturated heterocycles. The summed E-state index contributed by atoms with van der Waals surface area (Å²) >= 11 is 1.48. The average Bonchev–Trinajstić information content (AvgIpc) is 2.70. The first-order valence-electron chi connectivity index (χ1n) is 10.4. The van der Waals surface area contributed by atoms with Crippen molar-refractivity contribution in [1.82, 2.24) is 16.0 Å². The predicted molar refractivity (Wildman–Crippen MR) is 121 cm³/mol. The minimum absolute atomic E-state index is 0.132. The van der Waals surface area contributed by atoms with Gasteiger partial charge in [0.1, 0.15) is 18.1 Å². The number of hydrogen-bond acceptors (Lipinski definition) is 7. The molecule has 0 fully saturated rings. The normalized spacial score (nSPS) is 14.9. The predicted octanol–water partition coefficient (Wildman–Crippen LogP) is -0.217. The summed E-state index contributed by atoms with van der Waals surface area (Å²) in [7, 11) is 0. The standard InChI is InChI=1S/C20H36N4O7S/c1-10(2)15(21)18(28)22-12(8-9-32-5)17(27)24-16(11(3)4)19(29)23-13(20(30)31)6-7-14(25)26/h10-13,15-16H,6-9,21H2,1-5H3,(H,22,28)(H,23,29)(H,24,27)(H,25,26)(H,30,31). The van der Waals surface area contributed by atoms with Crippen LogP contribution in [0.15, 0.2) is 0 Å². The minimum atomic E-state index is -1.41. The summed E-state index contributed by atoms with van der Waals surface area (Å²) in [5.74, 6) is -4.34. The van der Waals surface area contributed by atoms with Crippen LogP contribution in [0.25, 0.3) is 0 Å². The molecule has 12 heteroatoms. The first kappa shape index (κ1) is 29.7. The van der Waals surface area contributed by atoms with Gasteiger partial charge in [-0.05, 0) is 36.7 Å². The van der Waals surface area contributed by atoms with Crippen LogP contribution in [0.5, 0.6) is 0 Å². The number of amides is 3. The third-order valence-corrected chi connectivity index (χ3v) is 5.42. The van der Waals surface area contributed by atoms with E-state index in [1.54, 1.807) is 27.7 Å². The Bertz CT molecular complexity index is 672. The van der Waals surface area contributed by atoms with Crippen LogP contribution >= 0.6 is 11.8 Å². The summed E-state index contributed by atoms with van der Waals surface area (Å²) in [4.78, 5) is 60.0. The lowest BCUT2D eigenvalue weighted by atomic mass is 10.0. The maximum Gasteiger partial charge on any atom is 0.326 e. The Hall–Kier alpha value is -2.34. The van der Waals surface area contributed by atoms with Gasteiger partial charge in [0, 0.05) is 6.42 Å². The fourth-order valence-corrected chi connectivity index (χ4v) is 3.12. The molecule has 4 unspecified atom stereocenters. The molecule has 0 saturated carbocycles. The van der Waals surface area contributed by atoms with E-state index in [9.17, 15) is 29.1 Å². The summed E-state index contributed by atoms with van der Waals surface area (Å²) < 4.78 is 0. The van der Waals surface area contributed by atoms with Gasteiger partial charge in [0.2, 0.25) is 17.7 Å². The number of aliphatic carboxylic acids is 2. The van der Waals surface area contributed by atoms with Gasteiger partial charge in [0.05, 0.1) is 6.04 Å². The van der Waals surface area contributed by atoms with Crippen molar-refractivity contribution in [2.24, 2.45) is 17.6 Å². The Balaban J connectivity index is 5.38. The van der Waals surface area contributed by atoms with Gasteiger partial charge in [-0.15, -0.1) is 0 Å². The molecule has 4 atom stereocenters. The smallest absolute Gasteiger partial charge is 0.326 e. The number of nitrogens with two attached hydrogens (primary N) is 1. The number of hydrogen-bond donors (Lipinski definition) is 6. The number of carboxylic acid groups (broad SMARTS) is 2. The van der Waals surface area contributed by atoms with E-state index in [2.05, 4.69) is 16.0 Å². The largest absolute Gasteiger partial charge is 0.481 e. The first-order chi connectivity index (χ1) is 14.8. The summed E-state index contributed by atoms with van der Waals surface area (Å²) in [6.07, 6.45) is 1.43. The molecule has 0 heterocycles. The zero-order chi connectivity index (χ0) is 25.0. The van der Waals surface area contributed by atoms with Crippen molar-refractivity contribution < 1.29 is 34.2 Å². The highest BCUT2D eigenvalue weighted by atomic mass is 32.2. The Labute approximate surface area is 192 Å². The Kier molecular flexibility index (Phi) is 13.6. The highest BCUT2D eigenvalue weighted by molar-refractivity contribution is 7.98. The van der Waals surface area contributed by atoms with Crippen molar-refractivity contribution in [3.05, 3.63) is 0 Å². The van der Waals surface area contributed by atoms with Gasteiger partial charge in [0.15, 0.2) is 0 Å². The lowest BCUT2D eigenvalue weighted by Gasteiger charge is -2.27. The number of carbonyl (C=O) groups excluding carboxylic acids is 3. The number of nitrogens with one attached hydrogen (secondary N) is 3. The molecule has 0 spiro atoms. The molecule has 3 amide bonds. The van der Waals surface area contributed by atoms with E-state index in [1.165, 1.54) is 11.8 Å². The van der Waals surface area contributed by atoms with E-state index >= 15 is 0 Å². The average molecular weight is 477 g/mol. The lowest BCUT2D eigenvalue weighted by molar-refractivity contribution is -0.143. The van der Waals surface area contributed by atoms with Crippen LogP contribution in [0.2, 0.25) is 0 Å². The molecule has 0 aromatic carbocycles. The number of rotatable bonds is 15. The monoisotopic (exact) mass is 476 g/mol. The van der Waals surface area contributed by atoms with Crippen LogP contribution in [-0.4, -0.2) is 76.0 Å². The molecule has 0 aliphatic carbocycles. The van der Waals surface area contributed by atoms with Gasteiger partial charge in [-0.2, -0.15) is 11.8 Å². The molecule has 0 aliphatic rings. The summed E-state index contributed by atoms with van der Waals surface area (Å²) in [6.45, 7) is 6.90. The zero-order valence-electron chi connectivity index (χ0n) is 19.2. The molecule has 0 rings (SSSR count). The van der Waals surface area contributed by atoms with E-state index < -0.39 is 66.2 Å². The van der Waals surface area contributed by atoms with Crippen molar-refractivity contribution >= 4 is 41.4 Å². The van der Waals surface area contributed by atoms with Crippen molar-refractivity contribution in [3.63, 3.8) is 0 Å². The number of carbonyl (C=O) groups is 5. The van der Waals surface area contributed by atoms with Crippen LogP contribution in [-0.2, 0) is 24.0 Å². The van der Waals surface area contributed by atoms with E-state index in [0.717, 1.165) is 0 Å². The highest BCUT2D eigenvalue weighted by Crippen LogP contribution is 2.08. The molecule has 0 aromatic heterocycles. The van der Waals surface area contributed by atoms with E-state index in [-0.39, 0.29) is 12.3 Å². The SMILES string of the molecule is CSCCC(NC(=O)C(N)C(C)C)C(=O)NC(C(=O)NC(CCC(=O)O)C(=O)O)C(C)C. The van der Waals surface area contributed by atoms with Crippen molar-refractivity contribution in [1.29, 1.82) is 0 Å². The van der Waals surface area contributed by atoms with Gasteiger partial charge in [-0.3, -0.25) is 19.2 Å². The number of thioether (sulfide) groups is 1. The van der Waals surface area contributed by atoms with Gasteiger partial charge in [0.25, 0.3) is 0 Å². The second-order valence-electron chi connectivity index (χ2n) is 8.17. The maximum atomic E-state index is 12.9. The molecular formula is C20H36N4O7S. The second kappa shape index (κ2) is 14.7. The Morgan fingerprint density at radius 3 is 1.81 bits per heavy atom. The summed E-state index contributed by atoms with van der Waals surface area (Å²) in [5.41, 5.74) is 5.86. The highest BCUT2D eigenvalue weighted by Gasteiger charge is 2.32. The second-order valence-corrected chi connectivity index (χ2v) is 9.16. The van der Waals surface area contributed by atoms with Gasteiger partial charge in [-0.1, -0.05) is 27.7 Å². The molecule has 0 aromatic rings. The van der Waals surface area contributed by atoms with Crippen LogP contribution < -0.4 is 21.7 Å². The fourth-order valence-electron chi connectivity index (χ4n) is 2.65. The summed E-state index contributed by atoms with van der Waals surface area (Å²) in [6, 6.07) is -4.21. The van der Waals surface area contributed by atoms with Crippen molar-refractivity contribution in [3.8, 4) is 0 Å². The topological polar surface area (TPSA) is 188 Å². The minimum Gasteiger partial charge on any atom is -0.481 e. The van der Waals surface area contributed by atoms with Gasteiger partial charge < -0.3 is 31.9 Å². The Morgan fingerprint density at radius 2 is 1.38 bits per heavy atom. The van der Waals surface area contributed by atoms with Gasteiger partial charge >= 0.3 is 11.9 Å². The fraction of sp³-hybridized carbons (Fsp3) is 0.750. The van der Waals surface area contributed by atoms with Gasteiger partial charge in [-0.25, -0.2) is 4.79 Å². The quantitative estimate of drug-likeness (QED) is 0.186. The molecule has 0 aliphatic heterocycles. The molecule has 0 bridgehead atoms. The third-order valence-electron chi connectivity index (χ3n) is 4.77. The number of carboxylic acids is 2. The lowest BCUT2D eigenvalue weighted by Crippen LogP contribution is -2.58. The molecular weight excluding hydrogens is 440 g/mol. The Morgan fingerprint density at radius 1 is 0.812 bits per heavy atom. The van der Waals surface area contributed by atoms with E-state index in [4.69, 9.17) is 10.8 Å². The zero-order valence-corrected chi connectivity index (χ0v) is 20.0.